The summed E-state index contributed by atoms with van der Waals surface area (Å²) in [7, 11) is 0. The first kappa shape index (κ1) is 11.8. The van der Waals surface area contributed by atoms with E-state index in [0.29, 0.717) is 17.8 Å². The molecule has 1 aromatic heterocycles. The van der Waals surface area contributed by atoms with Crippen molar-refractivity contribution >= 4 is 16.8 Å². The Kier molecular flexibility index (Phi) is 2.73. The molecule has 2 aromatic rings. The Morgan fingerprint density at radius 2 is 2.06 bits per heavy atom. The maximum absolute atomic E-state index is 11.7. The minimum absolute atomic E-state index is 0.184. The molecule has 0 saturated carbocycles. The zero-order valence-corrected chi connectivity index (χ0v) is 10.5. The van der Waals surface area contributed by atoms with Crippen LogP contribution >= 0.6 is 0 Å². The molecular formula is C13H18N2O2. The van der Waals surface area contributed by atoms with Crippen LogP contribution in [0.3, 0.4) is 0 Å². The highest BCUT2D eigenvalue weighted by Crippen LogP contribution is 2.22. The standard InChI is InChI=1S/C13H18N2O2/c1-13(2,3)6-7-15-10-8-9(14)4-5-11(10)17-12(15)16/h4-5,8H,6-7,14H2,1-3H3. The predicted octanol–water partition coefficient (Wildman–Crippen LogP) is 2.61. The molecule has 0 amide bonds. The van der Waals surface area contributed by atoms with E-state index >= 15 is 0 Å². The predicted molar refractivity (Wildman–Crippen MR) is 69.0 cm³/mol. The van der Waals surface area contributed by atoms with E-state index in [1.54, 1.807) is 22.8 Å². The summed E-state index contributed by atoms with van der Waals surface area (Å²) in [5.74, 6) is -0.310. The second-order valence-corrected chi connectivity index (χ2v) is 5.56. The summed E-state index contributed by atoms with van der Waals surface area (Å²) in [6.45, 7) is 7.09. The normalized spacial score (nSPS) is 12.2. The quantitative estimate of drug-likeness (QED) is 0.812. The van der Waals surface area contributed by atoms with Crippen LogP contribution in [0.5, 0.6) is 0 Å². The Morgan fingerprint density at radius 3 is 2.71 bits per heavy atom. The van der Waals surface area contributed by atoms with E-state index in [0.717, 1.165) is 11.9 Å². The molecule has 2 rings (SSSR count). The zero-order valence-electron chi connectivity index (χ0n) is 10.5. The number of anilines is 1. The fraction of sp³-hybridized carbons (Fsp3) is 0.462. The second-order valence-electron chi connectivity index (χ2n) is 5.56. The first-order chi connectivity index (χ1) is 7.87. The number of aryl methyl sites for hydroxylation is 1. The van der Waals surface area contributed by atoms with Crippen LogP contribution in [0.4, 0.5) is 5.69 Å². The van der Waals surface area contributed by atoms with E-state index in [-0.39, 0.29) is 11.2 Å². The number of nitrogens with two attached hydrogens (primary N) is 1. The Labute approximate surface area is 100 Å². The van der Waals surface area contributed by atoms with E-state index in [2.05, 4.69) is 20.8 Å². The van der Waals surface area contributed by atoms with Crippen LogP contribution in [0, 0.1) is 5.41 Å². The van der Waals surface area contributed by atoms with Crippen molar-refractivity contribution in [2.75, 3.05) is 5.73 Å². The third-order valence-electron chi connectivity index (χ3n) is 2.78. The van der Waals surface area contributed by atoms with Gasteiger partial charge in [-0.25, -0.2) is 4.79 Å². The fourth-order valence-corrected chi connectivity index (χ4v) is 1.74. The highest BCUT2D eigenvalue weighted by molar-refractivity contribution is 5.76. The zero-order chi connectivity index (χ0) is 12.6. The van der Waals surface area contributed by atoms with Gasteiger partial charge >= 0.3 is 5.76 Å². The van der Waals surface area contributed by atoms with Crippen molar-refractivity contribution < 1.29 is 4.42 Å². The summed E-state index contributed by atoms with van der Waals surface area (Å²) in [6, 6.07) is 5.25. The average Bonchev–Trinajstić information content (AvgIpc) is 2.49. The first-order valence-corrected chi connectivity index (χ1v) is 5.76. The molecule has 0 aliphatic carbocycles. The van der Waals surface area contributed by atoms with Crippen molar-refractivity contribution in [2.24, 2.45) is 5.41 Å². The molecule has 4 nitrogen and oxygen atoms in total. The van der Waals surface area contributed by atoms with Gasteiger partial charge in [-0.1, -0.05) is 20.8 Å². The van der Waals surface area contributed by atoms with Gasteiger partial charge in [-0.2, -0.15) is 0 Å². The Hall–Kier alpha value is -1.71. The molecule has 1 heterocycles. The lowest BCUT2D eigenvalue weighted by Crippen LogP contribution is -2.18. The van der Waals surface area contributed by atoms with Gasteiger partial charge in [0, 0.05) is 12.2 Å². The summed E-state index contributed by atoms with van der Waals surface area (Å²) in [6.07, 6.45) is 0.913. The van der Waals surface area contributed by atoms with Gasteiger partial charge in [0.25, 0.3) is 0 Å². The van der Waals surface area contributed by atoms with Crippen LogP contribution < -0.4 is 11.5 Å². The molecule has 0 unspecified atom stereocenters. The molecule has 0 atom stereocenters. The van der Waals surface area contributed by atoms with Crippen LogP contribution in [-0.2, 0) is 6.54 Å². The Morgan fingerprint density at radius 1 is 1.35 bits per heavy atom. The van der Waals surface area contributed by atoms with Crippen molar-refractivity contribution in [3.05, 3.63) is 28.7 Å². The van der Waals surface area contributed by atoms with Crippen LogP contribution in [-0.4, -0.2) is 4.57 Å². The molecule has 1 aromatic carbocycles. The number of nitrogen functional groups attached to an aromatic ring is 1. The lowest BCUT2D eigenvalue weighted by molar-refractivity contribution is 0.343. The number of aromatic nitrogens is 1. The van der Waals surface area contributed by atoms with Gasteiger partial charge in [-0.05, 0) is 30.0 Å². The van der Waals surface area contributed by atoms with Crippen molar-refractivity contribution in [1.82, 2.24) is 4.57 Å². The SMILES string of the molecule is CC(C)(C)CCn1c(=O)oc2ccc(N)cc21. The molecule has 0 bridgehead atoms. The van der Waals surface area contributed by atoms with Crippen molar-refractivity contribution in [2.45, 2.75) is 33.7 Å². The molecule has 17 heavy (non-hydrogen) atoms. The number of benzene rings is 1. The van der Waals surface area contributed by atoms with Gasteiger partial charge in [-0.3, -0.25) is 4.57 Å². The van der Waals surface area contributed by atoms with Crippen LogP contribution in [0.15, 0.2) is 27.4 Å². The van der Waals surface area contributed by atoms with Gasteiger partial charge in [-0.15, -0.1) is 0 Å². The minimum atomic E-state index is -0.310. The molecule has 0 aliphatic rings. The molecule has 92 valence electrons. The third-order valence-corrected chi connectivity index (χ3v) is 2.78. The smallest absolute Gasteiger partial charge is 0.408 e. The molecule has 2 N–H and O–H groups in total. The van der Waals surface area contributed by atoms with Crippen LogP contribution in [0.25, 0.3) is 11.1 Å². The number of nitrogens with zero attached hydrogens (tertiary/aromatic N) is 1. The summed E-state index contributed by atoms with van der Waals surface area (Å²) >= 11 is 0. The largest absolute Gasteiger partial charge is 0.419 e. The molecule has 0 spiro atoms. The van der Waals surface area contributed by atoms with Gasteiger partial charge in [0.1, 0.15) is 0 Å². The molecule has 0 radical (unpaired) electrons. The number of hydrogen-bond donors (Lipinski definition) is 1. The number of rotatable bonds is 2. The molecule has 0 fully saturated rings. The Bertz CT molecular complexity index is 587. The summed E-state index contributed by atoms with van der Waals surface area (Å²) < 4.78 is 6.82. The highest BCUT2D eigenvalue weighted by Gasteiger charge is 2.14. The molecule has 4 heteroatoms. The van der Waals surface area contributed by atoms with Crippen molar-refractivity contribution in [1.29, 1.82) is 0 Å². The Balaban J connectivity index is 2.42. The lowest BCUT2D eigenvalue weighted by atomic mass is 9.92. The number of fused-ring (bicyclic) bond motifs is 1. The van der Waals surface area contributed by atoms with Crippen LogP contribution in [0.2, 0.25) is 0 Å². The monoisotopic (exact) mass is 234 g/mol. The molecule has 0 aliphatic heterocycles. The highest BCUT2D eigenvalue weighted by atomic mass is 16.4. The summed E-state index contributed by atoms with van der Waals surface area (Å²) in [5.41, 5.74) is 7.92. The topological polar surface area (TPSA) is 61.2 Å². The average molecular weight is 234 g/mol. The molecule has 0 saturated heterocycles. The van der Waals surface area contributed by atoms with Gasteiger partial charge < -0.3 is 10.2 Å². The van der Waals surface area contributed by atoms with Gasteiger partial charge in [0.05, 0.1) is 5.52 Å². The maximum atomic E-state index is 11.7. The third kappa shape index (κ3) is 2.52. The molecular weight excluding hydrogens is 216 g/mol. The maximum Gasteiger partial charge on any atom is 0.419 e. The van der Waals surface area contributed by atoms with E-state index in [1.165, 1.54) is 0 Å². The minimum Gasteiger partial charge on any atom is -0.408 e. The number of hydrogen-bond acceptors (Lipinski definition) is 3. The van der Waals surface area contributed by atoms with E-state index in [1.807, 2.05) is 0 Å². The van der Waals surface area contributed by atoms with Crippen molar-refractivity contribution in [3.63, 3.8) is 0 Å². The fourth-order valence-electron chi connectivity index (χ4n) is 1.74. The lowest BCUT2D eigenvalue weighted by Gasteiger charge is -2.17. The van der Waals surface area contributed by atoms with E-state index in [4.69, 9.17) is 10.2 Å². The van der Waals surface area contributed by atoms with E-state index in [9.17, 15) is 4.79 Å². The van der Waals surface area contributed by atoms with E-state index < -0.39 is 0 Å². The van der Waals surface area contributed by atoms with Gasteiger partial charge in [0.2, 0.25) is 0 Å². The van der Waals surface area contributed by atoms with Crippen molar-refractivity contribution in [3.8, 4) is 0 Å². The summed E-state index contributed by atoms with van der Waals surface area (Å²) in [4.78, 5) is 11.7. The van der Waals surface area contributed by atoms with Gasteiger partial charge in [0.15, 0.2) is 5.58 Å². The second kappa shape index (κ2) is 3.95. The summed E-state index contributed by atoms with van der Waals surface area (Å²) in [5, 5.41) is 0. The van der Waals surface area contributed by atoms with Crippen LogP contribution in [0.1, 0.15) is 27.2 Å². The first-order valence-electron chi connectivity index (χ1n) is 5.76. The number of oxazole rings is 1.